The van der Waals surface area contributed by atoms with Gasteiger partial charge < -0.3 is 21.5 Å². The van der Waals surface area contributed by atoms with Crippen molar-refractivity contribution in [1.82, 2.24) is 19.9 Å². The number of nitrogens with one attached hydrogen (secondary N) is 2. The SMILES string of the molecule is Cc1cc(Nc2cc(N)ncn2)c(=O)n2c1C(=O)NC21CCCCC1O. The molecule has 0 radical (unpaired) electrons. The van der Waals surface area contributed by atoms with E-state index in [2.05, 4.69) is 20.6 Å². The summed E-state index contributed by atoms with van der Waals surface area (Å²) in [6.45, 7) is 1.76. The molecule has 1 saturated carbocycles. The van der Waals surface area contributed by atoms with Gasteiger partial charge in [0.1, 0.15) is 35.0 Å². The molecule has 2 aromatic heterocycles. The Morgan fingerprint density at radius 2 is 2.15 bits per heavy atom. The fourth-order valence-electron chi connectivity index (χ4n) is 3.93. The molecule has 1 amide bonds. The van der Waals surface area contributed by atoms with Crippen LogP contribution in [0.25, 0.3) is 0 Å². The van der Waals surface area contributed by atoms with Crippen molar-refractivity contribution in [3.05, 3.63) is 40.1 Å². The number of amides is 1. The second kappa shape index (κ2) is 5.80. The number of aliphatic hydroxyl groups is 1. The van der Waals surface area contributed by atoms with E-state index < -0.39 is 11.8 Å². The Kier molecular flexibility index (Phi) is 3.69. The molecule has 1 spiro atoms. The lowest BCUT2D eigenvalue weighted by molar-refractivity contribution is -0.0138. The van der Waals surface area contributed by atoms with Crippen LogP contribution >= 0.6 is 0 Å². The van der Waals surface area contributed by atoms with E-state index >= 15 is 0 Å². The van der Waals surface area contributed by atoms with Crippen molar-refractivity contribution in [2.24, 2.45) is 0 Å². The van der Waals surface area contributed by atoms with Crippen LogP contribution in [0.4, 0.5) is 17.3 Å². The summed E-state index contributed by atoms with van der Waals surface area (Å²) in [4.78, 5) is 33.6. The Bertz CT molecular complexity index is 956. The molecule has 4 rings (SSSR count). The molecule has 0 saturated heterocycles. The summed E-state index contributed by atoms with van der Waals surface area (Å²) in [7, 11) is 0. The summed E-state index contributed by atoms with van der Waals surface area (Å²) < 4.78 is 1.42. The molecule has 9 nitrogen and oxygen atoms in total. The van der Waals surface area contributed by atoms with Crippen LogP contribution in [-0.4, -0.2) is 31.7 Å². The van der Waals surface area contributed by atoms with Crippen molar-refractivity contribution in [2.75, 3.05) is 11.1 Å². The number of anilines is 3. The molecule has 1 aliphatic heterocycles. The monoisotopic (exact) mass is 356 g/mol. The van der Waals surface area contributed by atoms with E-state index in [1.54, 1.807) is 13.0 Å². The Hall–Kier alpha value is -2.94. The number of pyridine rings is 1. The van der Waals surface area contributed by atoms with Crippen LogP contribution in [0, 0.1) is 6.92 Å². The van der Waals surface area contributed by atoms with Crippen LogP contribution in [0.15, 0.2) is 23.3 Å². The van der Waals surface area contributed by atoms with Crippen LogP contribution in [0.2, 0.25) is 0 Å². The minimum absolute atomic E-state index is 0.262. The number of aromatic nitrogens is 3. The van der Waals surface area contributed by atoms with Gasteiger partial charge in [0.15, 0.2) is 0 Å². The molecule has 136 valence electrons. The van der Waals surface area contributed by atoms with Gasteiger partial charge >= 0.3 is 0 Å². The second-order valence-electron chi connectivity index (χ2n) is 6.82. The molecule has 1 aliphatic carbocycles. The number of carbonyl (C=O) groups excluding carboxylic acids is 1. The molecule has 0 bridgehead atoms. The Labute approximate surface area is 149 Å². The summed E-state index contributed by atoms with van der Waals surface area (Å²) in [5.74, 6) is 0.319. The van der Waals surface area contributed by atoms with E-state index in [1.165, 1.54) is 17.0 Å². The van der Waals surface area contributed by atoms with E-state index in [4.69, 9.17) is 5.73 Å². The average Bonchev–Trinajstić information content (AvgIpc) is 2.89. The van der Waals surface area contributed by atoms with Crippen molar-refractivity contribution < 1.29 is 9.90 Å². The van der Waals surface area contributed by atoms with Crippen LogP contribution in [0.3, 0.4) is 0 Å². The van der Waals surface area contributed by atoms with Crippen molar-refractivity contribution in [1.29, 1.82) is 0 Å². The molecule has 3 heterocycles. The highest BCUT2D eigenvalue weighted by Gasteiger charge is 2.50. The lowest BCUT2D eigenvalue weighted by Crippen LogP contribution is -2.57. The molecule has 1 fully saturated rings. The first-order valence-corrected chi connectivity index (χ1v) is 8.54. The maximum absolute atomic E-state index is 13.2. The first kappa shape index (κ1) is 16.5. The highest BCUT2D eigenvalue weighted by atomic mass is 16.3. The first-order valence-electron chi connectivity index (χ1n) is 8.54. The number of nitrogens with two attached hydrogens (primary N) is 1. The van der Waals surface area contributed by atoms with Gasteiger partial charge in [0.2, 0.25) is 0 Å². The number of hydrogen-bond acceptors (Lipinski definition) is 7. The number of aryl methyl sites for hydroxylation is 1. The number of rotatable bonds is 2. The fraction of sp³-hybridized carbons (Fsp3) is 0.412. The third-order valence-electron chi connectivity index (χ3n) is 5.12. The van der Waals surface area contributed by atoms with Gasteiger partial charge in [-0.3, -0.25) is 14.2 Å². The zero-order chi connectivity index (χ0) is 18.5. The van der Waals surface area contributed by atoms with Gasteiger partial charge in [-0.1, -0.05) is 6.42 Å². The molecule has 9 heteroatoms. The van der Waals surface area contributed by atoms with Crippen LogP contribution in [0.1, 0.15) is 41.7 Å². The predicted octanol–water partition coefficient (Wildman–Crippen LogP) is 0.604. The third-order valence-corrected chi connectivity index (χ3v) is 5.12. The normalized spacial score (nSPS) is 24.4. The predicted molar refractivity (Wildman–Crippen MR) is 95.1 cm³/mol. The van der Waals surface area contributed by atoms with Gasteiger partial charge in [-0.15, -0.1) is 0 Å². The maximum Gasteiger partial charge on any atom is 0.276 e. The summed E-state index contributed by atoms with van der Waals surface area (Å²) in [5.41, 5.74) is 5.38. The van der Waals surface area contributed by atoms with E-state index in [9.17, 15) is 14.7 Å². The van der Waals surface area contributed by atoms with Crippen LogP contribution in [-0.2, 0) is 5.66 Å². The van der Waals surface area contributed by atoms with Gasteiger partial charge in [0.05, 0.1) is 6.10 Å². The number of nitrogen functional groups attached to an aromatic ring is 1. The highest BCUT2D eigenvalue weighted by Crippen LogP contribution is 2.37. The highest BCUT2D eigenvalue weighted by molar-refractivity contribution is 5.97. The Morgan fingerprint density at radius 3 is 2.88 bits per heavy atom. The summed E-state index contributed by atoms with van der Waals surface area (Å²) in [5, 5.41) is 16.4. The van der Waals surface area contributed by atoms with E-state index in [-0.39, 0.29) is 23.0 Å². The molecule has 2 aromatic rings. The van der Waals surface area contributed by atoms with Crippen molar-refractivity contribution >= 4 is 23.2 Å². The number of aliphatic hydroxyl groups excluding tert-OH is 1. The summed E-state index contributed by atoms with van der Waals surface area (Å²) >= 11 is 0. The molecule has 2 unspecified atom stereocenters. The van der Waals surface area contributed by atoms with Crippen molar-refractivity contribution in [3.8, 4) is 0 Å². The second-order valence-corrected chi connectivity index (χ2v) is 6.82. The molecular formula is C17H20N6O3. The molecule has 26 heavy (non-hydrogen) atoms. The number of nitrogens with zero attached hydrogens (tertiary/aromatic N) is 3. The van der Waals surface area contributed by atoms with Gasteiger partial charge in [-0.2, -0.15) is 0 Å². The van der Waals surface area contributed by atoms with Crippen LogP contribution < -0.4 is 21.9 Å². The van der Waals surface area contributed by atoms with Gasteiger partial charge in [0, 0.05) is 6.07 Å². The summed E-state index contributed by atoms with van der Waals surface area (Å²) in [6.07, 6.45) is 3.21. The lowest BCUT2D eigenvalue weighted by Gasteiger charge is -2.39. The number of carbonyl (C=O) groups is 1. The van der Waals surface area contributed by atoms with E-state index in [0.717, 1.165) is 12.8 Å². The average molecular weight is 356 g/mol. The minimum atomic E-state index is -1.09. The quantitative estimate of drug-likeness (QED) is 0.619. The summed E-state index contributed by atoms with van der Waals surface area (Å²) in [6, 6.07) is 3.13. The van der Waals surface area contributed by atoms with Gasteiger partial charge in [-0.05, 0) is 37.8 Å². The molecular weight excluding hydrogens is 336 g/mol. The number of fused-ring (bicyclic) bond motifs is 2. The minimum Gasteiger partial charge on any atom is -0.389 e. The van der Waals surface area contributed by atoms with Crippen molar-refractivity contribution in [3.63, 3.8) is 0 Å². The largest absolute Gasteiger partial charge is 0.389 e. The maximum atomic E-state index is 13.2. The Morgan fingerprint density at radius 1 is 1.35 bits per heavy atom. The first-order chi connectivity index (χ1) is 12.4. The zero-order valence-corrected chi connectivity index (χ0v) is 14.3. The Balaban J connectivity index is 1.87. The smallest absolute Gasteiger partial charge is 0.276 e. The molecule has 0 aromatic carbocycles. The van der Waals surface area contributed by atoms with Crippen molar-refractivity contribution in [2.45, 2.75) is 44.4 Å². The standard InChI is InChI=1S/C17H20N6O3/c1-9-6-10(21-13-7-12(18)19-8-20-13)16(26)23-14(9)15(25)22-17(23)5-3-2-4-11(17)24/h6-8,11,24H,2-5H2,1H3,(H,22,25)(H3,18,19,20,21). The zero-order valence-electron chi connectivity index (χ0n) is 14.3. The molecule has 2 aliphatic rings. The van der Waals surface area contributed by atoms with E-state index in [1.807, 2.05) is 0 Å². The van der Waals surface area contributed by atoms with Crippen LogP contribution in [0.5, 0.6) is 0 Å². The number of hydrogen-bond donors (Lipinski definition) is 4. The lowest BCUT2D eigenvalue weighted by atomic mass is 9.86. The van der Waals surface area contributed by atoms with Gasteiger partial charge in [0.25, 0.3) is 11.5 Å². The van der Waals surface area contributed by atoms with E-state index in [0.29, 0.717) is 29.9 Å². The topological polar surface area (TPSA) is 135 Å². The third kappa shape index (κ3) is 2.35. The fourth-order valence-corrected chi connectivity index (χ4v) is 3.93. The van der Waals surface area contributed by atoms with Gasteiger partial charge in [-0.25, -0.2) is 9.97 Å². The molecule has 2 atom stereocenters. The molecule has 5 N–H and O–H groups in total.